The van der Waals surface area contributed by atoms with Gasteiger partial charge in [-0.15, -0.1) is 0 Å². The molecule has 0 amide bonds. The van der Waals surface area contributed by atoms with E-state index in [1.54, 1.807) is 0 Å². The van der Waals surface area contributed by atoms with Crippen LogP contribution in [0.5, 0.6) is 5.75 Å². The second-order valence-corrected chi connectivity index (χ2v) is 5.46. The molecule has 108 valence electrons. The van der Waals surface area contributed by atoms with Crippen molar-refractivity contribution in [3.63, 3.8) is 0 Å². The molecule has 2 atom stereocenters. The minimum Gasteiger partial charge on any atom is -0.494 e. The van der Waals surface area contributed by atoms with Crippen LogP contribution in [0.1, 0.15) is 44.6 Å². The number of hydrogen-bond donors (Lipinski definition) is 0. The van der Waals surface area contributed by atoms with E-state index in [-0.39, 0.29) is 12.0 Å². The summed E-state index contributed by atoms with van der Waals surface area (Å²) in [6.45, 7) is 6.93. The van der Waals surface area contributed by atoms with Gasteiger partial charge in [0.2, 0.25) is 0 Å². The highest BCUT2D eigenvalue weighted by Crippen LogP contribution is 2.26. The summed E-state index contributed by atoms with van der Waals surface area (Å²) in [6.07, 6.45) is 3.73. The van der Waals surface area contributed by atoms with E-state index in [0.29, 0.717) is 6.61 Å². The minimum absolute atomic E-state index is 0.0201. The van der Waals surface area contributed by atoms with Gasteiger partial charge in [-0.25, -0.2) is 0 Å². The molecule has 0 aliphatic carbocycles. The molecule has 20 heavy (non-hydrogen) atoms. The van der Waals surface area contributed by atoms with Crippen molar-refractivity contribution in [2.24, 2.45) is 0 Å². The van der Waals surface area contributed by atoms with Gasteiger partial charge in [-0.3, -0.25) is 4.90 Å². The summed E-state index contributed by atoms with van der Waals surface area (Å²) in [5.41, 5.74) is 1.21. The summed E-state index contributed by atoms with van der Waals surface area (Å²) < 4.78 is 5.47. The molecule has 0 saturated carbocycles. The second kappa shape index (κ2) is 7.31. The molecule has 1 aromatic carbocycles. The van der Waals surface area contributed by atoms with E-state index in [4.69, 9.17) is 4.74 Å². The van der Waals surface area contributed by atoms with E-state index in [2.05, 4.69) is 30.0 Å². The molecule has 0 spiro atoms. The highest BCUT2D eigenvalue weighted by atomic mass is 16.5. The summed E-state index contributed by atoms with van der Waals surface area (Å²) in [6, 6.07) is 10.7. The van der Waals surface area contributed by atoms with Gasteiger partial charge in [0.15, 0.2) is 0 Å². The molecular weight excluding hydrogens is 248 g/mol. The summed E-state index contributed by atoms with van der Waals surface area (Å²) >= 11 is 0. The Morgan fingerprint density at radius 1 is 1.20 bits per heavy atom. The summed E-state index contributed by atoms with van der Waals surface area (Å²) in [5.74, 6) is 1.13. The zero-order valence-electron chi connectivity index (χ0n) is 12.5. The van der Waals surface area contributed by atoms with Gasteiger partial charge < -0.3 is 4.74 Å². The van der Waals surface area contributed by atoms with Gasteiger partial charge in [0, 0.05) is 5.92 Å². The van der Waals surface area contributed by atoms with Crippen molar-refractivity contribution in [3.05, 3.63) is 29.8 Å². The van der Waals surface area contributed by atoms with Gasteiger partial charge in [-0.05, 0) is 50.6 Å². The summed E-state index contributed by atoms with van der Waals surface area (Å²) in [5, 5.41) is 9.53. The first kappa shape index (κ1) is 14.9. The van der Waals surface area contributed by atoms with E-state index in [1.165, 1.54) is 24.8 Å². The molecule has 3 nitrogen and oxygen atoms in total. The number of piperidine rings is 1. The number of ether oxygens (including phenoxy) is 1. The first-order valence-electron chi connectivity index (χ1n) is 7.62. The molecule has 1 fully saturated rings. The molecule has 0 aromatic heterocycles. The van der Waals surface area contributed by atoms with Crippen LogP contribution in [0.15, 0.2) is 24.3 Å². The SMILES string of the molecule is CCOc1ccc(C(C)C(C#N)N2CCCCC2)cc1. The molecule has 3 heteroatoms. The van der Waals surface area contributed by atoms with E-state index < -0.39 is 0 Å². The zero-order chi connectivity index (χ0) is 14.4. The third-order valence-corrected chi connectivity index (χ3v) is 4.11. The Morgan fingerprint density at radius 3 is 2.40 bits per heavy atom. The van der Waals surface area contributed by atoms with Crippen LogP contribution in [0.3, 0.4) is 0 Å². The normalized spacial score (nSPS) is 19.1. The number of benzene rings is 1. The summed E-state index contributed by atoms with van der Waals surface area (Å²) in [7, 11) is 0. The Balaban J connectivity index is 2.07. The van der Waals surface area contributed by atoms with Crippen LogP contribution in [-0.2, 0) is 0 Å². The fourth-order valence-corrected chi connectivity index (χ4v) is 2.92. The molecule has 0 radical (unpaired) electrons. The Bertz CT molecular complexity index is 443. The topological polar surface area (TPSA) is 36.3 Å². The third-order valence-electron chi connectivity index (χ3n) is 4.11. The molecular formula is C17H24N2O. The van der Waals surface area contributed by atoms with Crippen LogP contribution in [-0.4, -0.2) is 30.6 Å². The predicted octanol–water partition coefficient (Wildman–Crippen LogP) is 3.57. The standard InChI is InChI=1S/C17H24N2O/c1-3-20-16-9-7-15(8-10-16)14(2)17(13-18)19-11-5-4-6-12-19/h7-10,14,17H,3-6,11-12H2,1-2H3. The maximum atomic E-state index is 9.53. The van der Waals surface area contributed by atoms with Crippen LogP contribution in [0.4, 0.5) is 0 Å². The average molecular weight is 272 g/mol. The molecule has 2 rings (SSSR count). The Kier molecular flexibility index (Phi) is 5.43. The molecule has 0 N–H and O–H groups in total. The summed E-state index contributed by atoms with van der Waals surface area (Å²) in [4.78, 5) is 2.34. The molecule has 0 bridgehead atoms. The fourth-order valence-electron chi connectivity index (χ4n) is 2.92. The van der Waals surface area contributed by atoms with E-state index in [1.807, 2.05) is 19.1 Å². The predicted molar refractivity (Wildman–Crippen MR) is 80.9 cm³/mol. The van der Waals surface area contributed by atoms with Crippen LogP contribution in [0, 0.1) is 11.3 Å². The van der Waals surface area contributed by atoms with Gasteiger partial charge in [-0.1, -0.05) is 25.5 Å². The Morgan fingerprint density at radius 2 is 1.85 bits per heavy atom. The zero-order valence-corrected chi connectivity index (χ0v) is 12.5. The lowest BCUT2D eigenvalue weighted by atomic mass is 9.91. The molecule has 1 aliphatic rings. The van der Waals surface area contributed by atoms with Crippen LogP contribution < -0.4 is 4.74 Å². The maximum Gasteiger partial charge on any atom is 0.119 e. The van der Waals surface area contributed by atoms with Crippen LogP contribution in [0.2, 0.25) is 0 Å². The van der Waals surface area contributed by atoms with Gasteiger partial charge in [0.05, 0.1) is 12.7 Å². The first-order chi connectivity index (χ1) is 9.76. The van der Waals surface area contributed by atoms with Crippen molar-refractivity contribution >= 4 is 0 Å². The van der Waals surface area contributed by atoms with Crippen molar-refractivity contribution in [3.8, 4) is 11.8 Å². The van der Waals surface area contributed by atoms with Crippen LogP contribution in [0.25, 0.3) is 0 Å². The van der Waals surface area contributed by atoms with E-state index >= 15 is 0 Å². The molecule has 2 unspecified atom stereocenters. The van der Waals surface area contributed by atoms with E-state index in [9.17, 15) is 5.26 Å². The van der Waals surface area contributed by atoms with Gasteiger partial charge in [0.1, 0.15) is 11.8 Å². The highest BCUT2D eigenvalue weighted by Gasteiger charge is 2.26. The van der Waals surface area contributed by atoms with E-state index in [0.717, 1.165) is 18.8 Å². The van der Waals surface area contributed by atoms with Crippen molar-refractivity contribution in [2.75, 3.05) is 19.7 Å². The lowest BCUT2D eigenvalue weighted by molar-refractivity contribution is 0.179. The lowest BCUT2D eigenvalue weighted by Crippen LogP contribution is -2.41. The van der Waals surface area contributed by atoms with Gasteiger partial charge in [-0.2, -0.15) is 5.26 Å². The number of nitriles is 1. The fraction of sp³-hybridized carbons (Fsp3) is 0.588. The number of hydrogen-bond acceptors (Lipinski definition) is 3. The lowest BCUT2D eigenvalue weighted by Gasteiger charge is -2.34. The van der Waals surface area contributed by atoms with Crippen molar-refractivity contribution in [1.29, 1.82) is 5.26 Å². The highest BCUT2D eigenvalue weighted by molar-refractivity contribution is 5.31. The maximum absolute atomic E-state index is 9.53. The Labute approximate surface area is 122 Å². The Hall–Kier alpha value is -1.53. The monoisotopic (exact) mass is 272 g/mol. The minimum atomic E-state index is -0.0201. The largest absolute Gasteiger partial charge is 0.494 e. The second-order valence-electron chi connectivity index (χ2n) is 5.46. The molecule has 1 saturated heterocycles. The van der Waals surface area contributed by atoms with Gasteiger partial charge in [0.25, 0.3) is 0 Å². The molecule has 1 heterocycles. The number of rotatable bonds is 5. The molecule has 1 aromatic rings. The smallest absolute Gasteiger partial charge is 0.119 e. The van der Waals surface area contributed by atoms with Gasteiger partial charge >= 0.3 is 0 Å². The van der Waals surface area contributed by atoms with Crippen molar-refractivity contribution < 1.29 is 4.74 Å². The quantitative estimate of drug-likeness (QED) is 0.822. The van der Waals surface area contributed by atoms with Crippen molar-refractivity contribution in [1.82, 2.24) is 4.90 Å². The van der Waals surface area contributed by atoms with Crippen molar-refractivity contribution in [2.45, 2.75) is 45.1 Å². The average Bonchev–Trinajstić information content (AvgIpc) is 2.50. The molecule has 1 aliphatic heterocycles. The number of likely N-dealkylation sites (tertiary alicyclic amines) is 1. The van der Waals surface area contributed by atoms with Crippen LogP contribution >= 0.6 is 0 Å². The first-order valence-corrected chi connectivity index (χ1v) is 7.62. The third kappa shape index (κ3) is 3.52. The number of nitrogens with zero attached hydrogens (tertiary/aromatic N) is 2.